The molecule has 0 bridgehead atoms. The van der Waals surface area contributed by atoms with Crippen LogP contribution < -0.4 is 10.0 Å². The van der Waals surface area contributed by atoms with Crippen LogP contribution in [0.25, 0.3) is 0 Å². The number of carbonyl (C=O) groups excluding carboxylic acids is 1. The summed E-state index contributed by atoms with van der Waals surface area (Å²) in [6, 6.07) is 19.1. The van der Waals surface area contributed by atoms with Crippen molar-refractivity contribution in [2.45, 2.75) is 11.4 Å². The number of sulfonamides is 1. The number of anilines is 1. The molecule has 1 heterocycles. The highest BCUT2D eigenvalue weighted by molar-refractivity contribution is 7.92. The number of hydrogen-bond acceptors (Lipinski definition) is 5. The van der Waals surface area contributed by atoms with Crippen molar-refractivity contribution in [3.8, 4) is 6.07 Å². The summed E-state index contributed by atoms with van der Waals surface area (Å²) in [6.07, 6.45) is 1.64. The molecule has 28 heavy (non-hydrogen) atoms. The predicted molar refractivity (Wildman–Crippen MR) is 104 cm³/mol. The number of hydrogen-bond donors (Lipinski definition) is 2. The Morgan fingerprint density at radius 3 is 2.32 bits per heavy atom. The van der Waals surface area contributed by atoms with Crippen LogP contribution in [0.2, 0.25) is 0 Å². The van der Waals surface area contributed by atoms with Gasteiger partial charge in [-0.1, -0.05) is 6.07 Å². The SMILES string of the molecule is N#Cc1ccc(NS(=O)(=O)c2ccc(C(=O)NCc3ccccn3)cc2)cc1. The molecular formula is C20H16N4O3S. The lowest BCUT2D eigenvalue weighted by Crippen LogP contribution is -2.23. The van der Waals surface area contributed by atoms with E-state index in [9.17, 15) is 13.2 Å². The van der Waals surface area contributed by atoms with Crippen molar-refractivity contribution >= 4 is 21.6 Å². The monoisotopic (exact) mass is 392 g/mol. The molecule has 0 saturated heterocycles. The minimum atomic E-state index is -3.81. The second-order valence-electron chi connectivity index (χ2n) is 5.82. The third kappa shape index (κ3) is 4.72. The third-order valence-electron chi connectivity index (χ3n) is 3.85. The fraction of sp³-hybridized carbons (Fsp3) is 0.0500. The zero-order valence-corrected chi connectivity index (χ0v) is 15.5. The lowest BCUT2D eigenvalue weighted by atomic mass is 10.2. The van der Waals surface area contributed by atoms with Gasteiger partial charge in [-0.15, -0.1) is 0 Å². The van der Waals surface area contributed by atoms with Crippen LogP contribution in [0.1, 0.15) is 21.6 Å². The molecule has 0 atom stereocenters. The van der Waals surface area contributed by atoms with Gasteiger partial charge in [0.15, 0.2) is 0 Å². The zero-order chi connectivity index (χ0) is 20.0. The molecule has 0 saturated carbocycles. The number of carbonyl (C=O) groups is 1. The predicted octanol–water partition coefficient (Wildman–Crippen LogP) is 2.68. The summed E-state index contributed by atoms with van der Waals surface area (Å²) in [6.45, 7) is 0.278. The third-order valence-corrected chi connectivity index (χ3v) is 5.25. The molecule has 7 nitrogen and oxygen atoms in total. The van der Waals surface area contributed by atoms with Crippen LogP contribution in [-0.2, 0) is 16.6 Å². The number of nitrogens with one attached hydrogen (secondary N) is 2. The van der Waals surface area contributed by atoms with Gasteiger partial charge in [-0.2, -0.15) is 5.26 Å². The molecule has 1 aromatic heterocycles. The Kier molecular flexibility index (Phi) is 5.67. The second kappa shape index (κ2) is 8.33. The molecule has 1 amide bonds. The van der Waals surface area contributed by atoms with Crippen LogP contribution in [0, 0.1) is 11.3 Å². The van der Waals surface area contributed by atoms with Gasteiger partial charge in [-0.3, -0.25) is 14.5 Å². The van der Waals surface area contributed by atoms with Gasteiger partial charge in [0.25, 0.3) is 15.9 Å². The number of nitriles is 1. The molecule has 0 spiro atoms. The molecule has 3 aromatic rings. The smallest absolute Gasteiger partial charge is 0.261 e. The fourth-order valence-electron chi connectivity index (χ4n) is 2.39. The van der Waals surface area contributed by atoms with Crippen molar-refractivity contribution in [1.82, 2.24) is 10.3 Å². The summed E-state index contributed by atoms with van der Waals surface area (Å²) >= 11 is 0. The topological polar surface area (TPSA) is 112 Å². The van der Waals surface area contributed by atoms with Crippen LogP contribution >= 0.6 is 0 Å². The number of rotatable bonds is 6. The second-order valence-corrected chi connectivity index (χ2v) is 7.51. The number of pyridine rings is 1. The first-order valence-electron chi connectivity index (χ1n) is 8.29. The molecule has 0 aliphatic heterocycles. The fourth-order valence-corrected chi connectivity index (χ4v) is 3.45. The largest absolute Gasteiger partial charge is 0.346 e. The summed E-state index contributed by atoms with van der Waals surface area (Å²) in [5, 5.41) is 11.5. The molecule has 2 aromatic carbocycles. The molecular weight excluding hydrogens is 376 g/mol. The molecule has 0 fully saturated rings. The molecule has 0 aliphatic rings. The van der Waals surface area contributed by atoms with Crippen molar-refractivity contribution in [3.63, 3.8) is 0 Å². The van der Waals surface area contributed by atoms with Crippen molar-refractivity contribution in [1.29, 1.82) is 5.26 Å². The molecule has 2 N–H and O–H groups in total. The maximum absolute atomic E-state index is 12.5. The van der Waals surface area contributed by atoms with Crippen LogP contribution in [0.3, 0.4) is 0 Å². The van der Waals surface area contributed by atoms with E-state index in [1.54, 1.807) is 18.3 Å². The molecule has 3 rings (SSSR count). The van der Waals surface area contributed by atoms with E-state index < -0.39 is 10.0 Å². The maximum Gasteiger partial charge on any atom is 0.261 e. The Bertz CT molecular complexity index is 1100. The van der Waals surface area contributed by atoms with Crippen LogP contribution in [0.4, 0.5) is 5.69 Å². The highest BCUT2D eigenvalue weighted by atomic mass is 32.2. The zero-order valence-electron chi connectivity index (χ0n) is 14.7. The van der Waals surface area contributed by atoms with E-state index >= 15 is 0 Å². The summed E-state index contributed by atoms with van der Waals surface area (Å²) in [5.41, 5.74) is 1.84. The van der Waals surface area contributed by atoms with E-state index in [0.717, 1.165) is 5.69 Å². The van der Waals surface area contributed by atoms with Gasteiger partial charge in [-0.05, 0) is 60.7 Å². The normalized spacial score (nSPS) is 10.7. The first-order chi connectivity index (χ1) is 13.5. The minimum absolute atomic E-state index is 0.0261. The van der Waals surface area contributed by atoms with E-state index in [1.165, 1.54) is 48.5 Å². The van der Waals surface area contributed by atoms with E-state index in [4.69, 9.17) is 5.26 Å². The Morgan fingerprint density at radius 2 is 1.71 bits per heavy atom. The van der Waals surface area contributed by atoms with Crippen molar-refractivity contribution < 1.29 is 13.2 Å². The average Bonchev–Trinajstić information content (AvgIpc) is 2.73. The van der Waals surface area contributed by atoms with Crippen molar-refractivity contribution in [2.75, 3.05) is 4.72 Å². The van der Waals surface area contributed by atoms with Gasteiger partial charge in [0, 0.05) is 17.4 Å². The Hall–Kier alpha value is -3.70. The number of aromatic nitrogens is 1. The van der Waals surface area contributed by atoms with E-state index in [0.29, 0.717) is 16.8 Å². The summed E-state index contributed by atoms with van der Waals surface area (Å²) in [7, 11) is -3.81. The van der Waals surface area contributed by atoms with E-state index in [1.807, 2.05) is 12.1 Å². The summed E-state index contributed by atoms with van der Waals surface area (Å²) in [5.74, 6) is -0.324. The lowest BCUT2D eigenvalue weighted by molar-refractivity contribution is 0.0950. The molecule has 0 aliphatic carbocycles. The Labute approximate surface area is 162 Å². The van der Waals surface area contributed by atoms with Gasteiger partial charge >= 0.3 is 0 Å². The standard InChI is InChI=1S/C20H16N4O3S/c21-13-15-4-8-17(9-5-15)24-28(26,27)19-10-6-16(7-11-19)20(25)23-14-18-3-1-2-12-22-18/h1-12,24H,14H2,(H,23,25). The molecule has 8 heteroatoms. The highest BCUT2D eigenvalue weighted by Crippen LogP contribution is 2.17. The Morgan fingerprint density at radius 1 is 1.00 bits per heavy atom. The molecule has 0 unspecified atom stereocenters. The summed E-state index contributed by atoms with van der Waals surface area (Å²) < 4.78 is 27.4. The van der Waals surface area contributed by atoms with Crippen molar-refractivity contribution in [3.05, 3.63) is 89.7 Å². The minimum Gasteiger partial charge on any atom is -0.346 e. The quantitative estimate of drug-likeness (QED) is 0.670. The molecule has 140 valence electrons. The van der Waals surface area contributed by atoms with Gasteiger partial charge < -0.3 is 5.32 Å². The van der Waals surface area contributed by atoms with Gasteiger partial charge in [0.05, 0.1) is 28.8 Å². The number of nitrogens with zero attached hydrogens (tertiary/aromatic N) is 2. The lowest BCUT2D eigenvalue weighted by Gasteiger charge is -2.09. The van der Waals surface area contributed by atoms with Crippen molar-refractivity contribution in [2.24, 2.45) is 0 Å². The van der Waals surface area contributed by atoms with Crippen LogP contribution in [-0.4, -0.2) is 19.3 Å². The Balaban J connectivity index is 1.66. The maximum atomic E-state index is 12.5. The van der Waals surface area contributed by atoms with E-state index in [-0.39, 0.29) is 17.3 Å². The van der Waals surface area contributed by atoms with Gasteiger partial charge in [0.2, 0.25) is 0 Å². The van der Waals surface area contributed by atoms with Gasteiger partial charge in [0.1, 0.15) is 0 Å². The number of benzene rings is 2. The van der Waals surface area contributed by atoms with Gasteiger partial charge in [-0.25, -0.2) is 8.42 Å². The first kappa shape index (κ1) is 19.1. The van der Waals surface area contributed by atoms with Crippen LogP contribution in [0.5, 0.6) is 0 Å². The van der Waals surface area contributed by atoms with E-state index in [2.05, 4.69) is 15.0 Å². The summed E-state index contributed by atoms with van der Waals surface area (Å²) in [4.78, 5) is 16.3. The van der Waals surface area contributed by atoms with Crippen LogP contribution in [0.15, 0.2) is 77.8 Å². The molecule has 0 radical (unpaired) electrons. The highest BCUT2D eigenvalue weighted by Gasteiger charge is 2.15. The first-order valence-corrected chi connectivity index (χ1v) is 9.77. The average molecular weight is 392 g/mol. The number of amides is 1.